The molecule has 0 saturated heterocycles. The monoisotopic (exact) mass is 471 g/mol. The quantitative estimate of drug-likeness (QED) is 0.545. The summed E-state index contributed by atoms with van der Waals surface area (Å²) >= 11 is 18.6. The molecule has 2 amide bonds. The minimum Gasteiger partial charge on any atom is -0.504 e. The first kappa shape index (κ1) is 22.1. The molecule has 2 aromatic rings. The van der Waals surface area contributed by atoms with Gasteiger partial charge in [-0.15, -0.1) is 11.3 Å². The highest BCUT2D eigenvalue weighted by molar-refractivity contribution is 7.91. The SMILES string of the molecule is CCN(CC)S(=O)(=O)c1sc(Cl)c(NC(=O)Nc2cccc(Cl)c2Cl)c1O. The van der Waals surface area contributed by atoms with Crippen LogP contribution in [0.15, 0.2) is 22.4 Å². The number of carbonyl (C=O) groups is 1. The number of carbonyl (C=O) groups excluding carboxylic acids is 1. The van der Waals surface area contributed by atoms with Gasteiger partial charge in [0.05, 0.1) is 15.7 Å². The van der Waals surface area contributed by atoms with E-state index in [4.69, 9.17) is 34.8 Å². The topological polar surface area (TPSA) is 98.7 Å². The molecular weight excluding hydrogens is 457 g/mol. The molecule has 1 aromatic heterocycles. The zero-order valence-electron chi connectivity index (χ0n) is 14.2. The summed E-state index contributed by atoms with van der Waals surface area (Å²) in [5.74, 6) is -0.621. The third kappa shape index (κ3) is 4.61. The summed E-state index contributed by atoms with van der Waals surface area (Å²) in [4.78, 5) is 12.2. The fourth-order valence-electron chi connectivity index (χ4n) is 2.21. The number of urea groups is 1. The molecule has 0 spiro atoms. The lowest BCUT2D eigenvalue weighted by Crippen LogP contribution is -2.30. The van der Waals surface area contributed by atoms with E-state index < -0.39 is 21.8 Å². The van der Waals surface area contributed by atoms with Gasteiger partial charge in [0, 0.05) is 13.1 Å². The summed E-state index contributed by atoms with van der Waals surface area (Å²) in [6.07, 6.45) is 0. The highest BCUT2D eigenvalue weighted by Gasteiger charge is 2.31. The number of benzene rings is 1. The van der Waals surface area contributed by atoms with Crippen LogP contribution in [0.25, 0.3) is 0 Å². The number of hydrogen-bond donors (Lipinski definition) is 3. The number of rotatable bonds is 6. The number of amides is 2. The highest BCUT2D eigenvalue weighted by Crippen LogP contribution is 2.46. The molecule has 0 bridgehead atoms. The molecule has 1 heterocycles. The third-order valence-electron chi connectivity index (χ3n) is 3.53. The van der Waals surface area contributed by atoms with Crippen LogP contribution in [0.1, 0.15) is 13.8 Å². The molecule has 7 nitrogen and oxygen atoms in total. The van der Waals surface area contributed by atoms with Crippen molar-refractivity contribution in [1.82, 2.24) is 4.31 Å². The predicted molar refractivity (Wildman–Crippen MR) is 110 cm³/mol. The second-order valence-corrected chi connectivity index (χ2v) is 9.70. The van der Waals surface area contributed by atoms with Crippen molar-refractivity contribution in [3.05, 3.63) is 32.6 Å². The van der Waals surface area contributed by atoms with Crippen LogP contribution in [-0.4, -0.2) is 37.0 Å². The van der Waals surface area contributed by atoms with Crippen molar-refractivity contribution in [2.24, 2.45) is 0 Å². The first-order chi connectivity index (χ1) is 12.6. The van der Waals surface area contributed by atoms with Gasteiger partial charge in [-0.2, -0.15) is 4.31 Å². The van der Waals surface area contributed by atoms with Crippen molar-refractivity contribution in [2.75, 3.05) is 23.7 Å². The number of hydrogen-bond acceptors (Lipinski definition) is 5. The van der Waals surface area contributed by atoms with Crippen LogP contribution in [-0.2, 0) is 10.0 Å². The highest BCUT2D eigenvalue weighted by atomic mass is 35.5. The molecule has 0 radical (unpaired) electrons. The standard InChI is InChI=1S/C15H16Cl3N3O4S2/c1-3-21(4-2)27(24,25)14-12(22)11(13(18)26-14)20-15(23)19-9-7-5-6-8(16)10(9)17/h5-7,22H,3-4H2,1-2H3,(H2,19,20,23). The Labute approximate surface area is 175 Å². The first-order valence-corrected chi connectivity index (χ1v) is 11.1. The van der Waals surface area contributed by atoms with Crippen LogP contribution in [0.2, 0.25) is 14.4 Å². The summed E-state index contributed by atoms with van der Waals surface area (Å²) in [6, 6.07) is 3.90. The van der Waals surface area contributed by atoms with Crippen LogP contribution in [0.3, 0.4) is 0 Å². The lowest BCUT2D eigenvalue weighted by atomic mass is 10.3. The summed E-state index contributed by atoms with van der Waals surface area (Å²) in [5, 5.41) is 15.5. The van der Waals surface area contributed by atoms with Gasteiger partial charge in [0.15, 0.2) is 9.96 Å². The molecule has 0 aliphatic carbocycles. The molecule has 0 unspecified atom stereocenters. The van der Waals surface area contributed by atoms with E-state index in [9.17, 15) is 18.3 Å². The van der Waals surface area contributed by atoms with E-state index in [2.05, 4.69) is 10.6 Å². The Kier molecular flexibility index (Phi) is 7.23. The number of aromatic hydroxyl groups is 1. The number of sulfonamides is 1. The van der Waals surface area contributed by atoms with Crippen LogP contribution in [0.4, 0.5) is 16.2 Å². The van der Waals surface area contributed by atoms with Crippen LogP contribution < -0.4 is 10.6 Å². The summed E-state index contributed by atoms with van der Waals surface area (Å²) in [5.41, 5.74) is 0.0338. The van der Waals surface area contributed by atoms with Crippen LogP contribution in [0.5, 0.6) is 5.75 Å². The van der Waals surface area contributed by atoms with E-state index >= 15 is 0 Å². The number of halogens is 3. The number of nitrogens with one attached hydrogen (secondary N) is 2. The van der Waals surface area contributed by atoms with Gasteiger partial charge in [-0.3, -0.25) is 0 Å². The maximum absolute atomic E-state index is 12.6. The van der Waals surface area contributed by atoms with Crippen molar-refractivity contribution < 1.29 is 18.3 Å². The molecule has 0 saturated carbocycles. The fraction of sp³-hybridized carbons (Fsp3) is 0.267. The zero-order chi connectivity index (χ0) is 20.4. The smallest absolute Gasteiger partial charge is 0.323 e. The molecule has 1 aromatic carbocycles. The zero-order valence-corrected chi connectivity index (χ0v) is 18.1. The summed E-state index contributed by atoms with van der Waals surface area (Å²) < 4.78 is 25.9. The lowest BCUT2D eigenvalue weighted by Gasteiger charge is -2.17. The number of thiophene rings is 1. The van der Waals surface area contributed by atoms with Gasteiger partial charge in [0.1, 0.15) is 10.0 Å². The maximum atomic E-state index is 12.6. The molecule has 3 N–H and O–H groups in total. The molecule has 0 fully saturated rings. The fourth-order valence-corrected chi connectivity index (χ4v) is 5.92. The van der Waals surface area contributed by atoms with Crippen molar-refractivity contribution in [1.29, 1.82) is 0 Å². The lowest BCUT2D eigenvalue weighted by molar-refractivity contribution is 0.262. The van der Waals surface area contributed by atoms with Gasteiger partial charge in [-0.1, -0.05) is 54.7 Å². The van der Waals surface area contributed by atoms with Crippen molar-refractivity contribution >= 4 is 73.6 Å². The Bertz CT molecular complexity index is 959. The Balaban J connectivity index is 2.29. The molecule has 148 valence electrons. The first-order valence-electron chi connectivity index (χ1n) is 7.66. The van der Waals surface area contributed by atoms with Crippen molar-refractivity contribution in [3.8, 4) is 5.75 Å². The molecule has 12 heteroatoms. The van der Waals surface area contributed by atoms with Gasteiger partial charge in [0.2, 0.25) is 0 Å². The third-order valence-corrected chi connectivity index (χ3v) is 8.27. The Morgan fingerprint density at radius 3 is 2.41 bits per heavy atom. The van der Waals surface area contributed by atoms with Gasteiger partial charge >= 0.3 is 6.03 Å². The molecule has 0 aliphatic rings. The van der Waals surface area contributed by atoms with Crippen LogP contribution >= 0.6 is 46.1 Å². The average molecular weight is 473 g/mol. The van der Waals surface area contributed by atoms with Gasteiger partial charge < -0.3 is 15.7 Å². The van der Waals surface area contributed by atoms with Crippen molar-refractivity contribution in [3.63, 3.8) is 0 Å². The minimum atomic E-state index is -3.93. The van der Waals surface area contributed by atoms with Gasteiger partial charge in [0.25, 0.3) is 10.0 Å². The van der Waals surface area contributed by atoms with E-state index in [1.165, 1.54) is 10.4 Å². The van der Waals surface area contributed by atoms with Crippen molar-refractivity contribution in [2.45, 2.75) is 18.1 Å². The second kappa shape index (κ2) is 8.85. The number of nitrogens with zero attached hydrogens (tertiary/aromatic N) is 1. The molecule has 0 aliphatic heterocycles. The van der Waals surface area contributed by atoms with E-state index in [-0.39, 0.29) is 43.1 Å². The Morgan fingerprint density at radius 1 is 1.19 bits per heavy atom. The molecule has 0 atom stereocenters. The summed E-state index contributed by atoms with van der Waals surface area (Å²) in [7, 11) is -3.93. The van der Waals surface area contributed by atoms with E-state index in [0.29, 0.717) is 11.3 Å². The molecule has 2 rings (SSSR count). The average Bonchev–Trinajstić information content (AvgIpc) is 2.88. The maximum Gasteiger partial charge on any atom is 0.323 e. The normalized spacial score (nSPS) is 11.6. The van der Waals surface area contributed by atoms with E-state index in [1.807, 2.05) is 0 Å². The van der Waals surface area contributed by atoms with E-state index in [0.717, 1.165) is 0 Å². The van der Waals surface area contributed by atoms with E-state index in [1.54, 1.807) is 26.0 Å². The number of anilines is 2. The largest absolute Gasteiger partial charge is 0.504 e. The second-order valence-electron chi connectivity index (χ2n) is 5.16. The molecule has 27 heavy (non-hydrogen) atoms. The Hall–Kier alpha value is -1.23. The van der Waals surface area contributed by atoms with Gasteiger partial charge in [-0.25, -0.2) is 13.2 Å². The summed E-state index contributed by atoms with van der Waals surface area (Å²) in [6.45, 7) is 3.80. The molecular formula is C15H16Cl3N3O4S2. The minimum absolute atomic E-state index is 0.0782. The van der Waals surface area contributed by atoms with Crippen LogP contribution in [0, 0.1) is 0 Å². The van der Waals surface area contributed by atoms with Gasteiger partial charge in [-0.05, 0) is 12.1 Å². The Morgan fingerprint density at radius 2 is 1.81 bits per heavy atom. The predicted octanol–water partition coefficient (Wildman–Crippen LogP) is 5.09.